The Balaban J connectivity index is 2.55. The molecule has 3 aromatic rings. The van der Waals surface area contributed by atoms with Crippen molar-refractivity contribution in [3.05, 3.63) is 54.2 Å². The second-order valence-corrected chi connectivity index (χ2v) is 3.87. The molecule has 0 N–H and O–H groups in total. The molecule has 1 heteroatoms. The van der Waals surface area contributed by atoms with Crippen LogP contribution in [-0.4, -0.2) is 4.98 Å². The molecule has 3 rings (SSSR count). The Morgan fingerprint density at radius 2 is 1.80 bits per heavy atom. The van der Waals surface area contributed by atoms with Gasteiger partial charge in [0.05, 0.1) is 5.52 Å². The molecule has 1 aromatic heterocycles. The Labute approximate surface area is 88.4 Å². The van der Waals surface area contributed by atoms with Crippen molar-refractivity contribution in [1.82, 2.24) is 4.98 Å². The van der Waals surface area contributed by atoms with Crippen molar-refractivity contribution in [3.8, 4) is 0 Å². The predicted octanol–water partition coefficient (Wildman–Crippen LogP) is 3.70. The van der Waals surface area contributed by atoms with Crippen LogP contribution in [0, 0.1) is 6.92 Å². The van der Waals surface area contributed by atoms with E-state index in [0.717, 1.165) is 5.52 Å². The molecule has 0 bridgehead atoms. The molecule has 0 unspecified atom stereocenters. The molecule has 0 spiro atoms. The molecule has 0 amide bonds. The molecule has 0 aliphatic rings. The van der Waals surface area contributed by atoms with Crippen LogP contribution in [-0.2, 0) is 0 Å². The van der Waals surface area contributed by atoms with Crippen molar-refractivity contribution in [2.24, 2.45) is 0 Å². The van der Waals surface area contributed by atoms with E-state index in [1.54, 1.807) is 0 Å². The number of fused-ring (bicyclic) bond motifs is 3. The molecular formula is C14H11N. The SMILES string of the molecule is Cc1ccc2c(c1)ncc1ccccc12. The molecule has 15 heavy (non-hydrogen) atoms. The molecule has 72 valence electrons. The minimum absolute atomic E-state index is 1.08. The van der Waals surface area contributed by atoms with E-state index in [-0.39, 0.29) is 0 Å². The van der Waals surface area contributed by atoms with Crippen molar-refractivity contribution in [3.63, 3.8) is 0 Å². The van der Waals surface area contributed by atoms with Gasteiger partial charge in [-0.05, 0) is 23.9 Å². The maximum atomic E-state index is 4.47. The number of hydrogen-bond donors (Lipinski definition) is 0. The van der Waals surface area contributed by atoms with Gasteiger partial charge in [-0.25, -0.2) is 0 Å². The maximum Gasteiger partial charge on any atom is 0.0711 e. The summed E-state index contributed by atoms with van der Waals surface area (Å²) in [6, 6.07) is 14.8. The van der Waals surface area contributed by atoms with E-state index in [1.165, 1.54) is 21.7 Å². The number of hydrogen-bond acceptors (Lipinski definition) is 1. The minimum Gasteiger partial charge on any atom is -0.256 e. The second-order valence-electron chi connectivity index (χ2n) is 3.87. The zero-order valence-corrected chi connectivity index (χ0v) is 8.57. The summed E-state index contributed by atoms with van der Waals surface area (Å²) in [5.41, 5.74) is 2.33. The van der Waals surface area contributed by atoms with Crippen LogP contribution < -0.4 is 0 Å². The summed E-state index contributed by atoms with van der Waals surface area (Å²) in [7, 11) is 0. The van der Waals surface area contributed by atoms with Gasteiger partial charge < -0.3 is 0 Å². The Bertz CT molecular complexity index is 641. The third kappa shape index (κ3) is 1.28. The van der Waals surface area contributed by atoms with Crippen LogP contribution in [0.1, 0.15) is 5.56 Å². The summed E-state index contributed by atoms with van der Waals surface area (Å²) in [5, 5.41) is 3.72. The van der Waals surface area contributed by atoms with E-state index in [9.17, 15) is 0 Å². The smallest absolute Gasteiger partial charge is 0.0711 e. The van der Waals surface area contributed by atoms with Crippen LogP contribution in [0.2, 0.25) is 0 Å². The maximum absolute atomic E-state index is 4.47. The highest BCUT2D eigenvalue weighted by molar-refractivity contribution is 6.05. The normalized spacial score (nSPS) is 11.0. The summed E-state index contributed by atoms with van der Waals surface area (Å²) >= 11 is 0. The topological polar surface area (TPSA) is 12.9 Å². The second kappa shape index (κ2) is 3.06. The number of benzene rings is 2. The van der Waals surface area contributed by atoms with Gasteiger partial charge in [0.1, 0.15) is 0 Å². The Hall–Kier alpha value is -1.89. The van der Waals surface area contributed by atoms with E-state index >= 15 is 0 Å². The van der Waals surface area contributed by atoms with E-state index in [4.69, 9.17) is 0 Å². The fourth-order valence-corrected chi connectivity index (χ4v) is 1.97. The molecule has 0 saturated heterocycles. The minimum atomic E-state index is 1.08. The van der Waals surface area contributed by atoms with Gasteiger partial charge in [0.2, 0.25) is 0 Å². The van der Waals surface area contributed by atoms with Crippen LogP contribution in [0.25, 0.3) is 21.7 Å². The fourth-order valence-electron chi connectivity index (χ4n) is 1.97. The zero-order chi connectivity index (χ0) is 10.3. The standard InChI is InChI=1S/C14H11N/c1-10-6-7-13-12-5-3-2-4-11(12)9-15-14(13)8-10/h2-9H,1H3. The summed E-state index contributed by atoms with van der Waals surface area (Å²) in [4.78, 5) is 4.47. The lowest BCUT2D eigenvalue weighted by atomic mass is 10.1. The van der Waals surface area contributed by atoms with E-state index in [2.05, 4.69) is 48.3 Å². The van der Waals surface area contributed by atoms with Gasteiger partial charge in [0, 0.05) is 17.0 Å². The van der Waals surface area contributed by atoms with Crippen molar-refractivity contribution in [2.75, 3.05) is 0 Å². The highest BCUT2D eigenvalue weighted by atomic mass is 14.6. The predicted molar refractivity (Wildman–Crippen MR) is 64.0 cm³/mol. The summed E-state index contributed by atoms with van der Waals surface area (Å²) in [6.45, 7) is 2.09. The van der Waals surface area contributed by atoms with Gasteiger partial charge >= 0.3 is 0 Å². The number of pyridine rings is 1. The summed E-state index contributed by atoms with van der Waals surface area (Å²) < 4.78 is 0. The Kier molecular flexibility index (Phi) is 1.72. The first-order valence-electron chi connectivity index (χ1n) is 5.09. The molecule has 0 fully saturated rings. The van der Waals surface area contributed by atoms with Crippen LogP contribution in [0.3, 0.4) is 0 Å². The molecule has 2 aromatic carbocycles. The van der Waals surface area contributed by atoms with Crippen molar-refractivity contribution < 1.29 is 0 Å². The Morgan fingerprint density at radius 3 is 2.73 bits per heavy atom. The lowest BCUT2D eigenvalue weighted by Gasteiger charge is -2.03. The average molecular weight is 193 g/mol. The molecule has 0 atom stereocenters. The quantitative estimate of drug-likeness (QED) is 0.496. The van der Waals surface area contributed by atoms with Gasteiger partial charge in [-0.15, -0.1) is 0 Å². The molecule has 0 radical (unpaired) electrons. The average Bonchev–Trinajstić information content (AvgIpc) is 2.28. The molecule has 0 saturated carbocycles. The van der Waals surface area contributed by atoms with Gasteiger partial charge in [0.25, 0.3) is 0 Å². The third-order valence-corrected chi connectivity index (χ3v) is 2.75. The first-order chi connectivity index (χ1) is 7.34. The first kappa shape index (κ1) is 8.42. The first-order valence-corrected chi connectivity index (χ1v) is 5.09. The van der Waals surface area contributed by atoms with Gasteiger partial charge in [-0.1, -0.05) is 36.4 Å². The lowest BCUT2D eigenvalue weighted by Crippen LogP contribution is -1.82. The van der Waals surface area contributed by atoms with Crippen LogP contribution >= 0.6 is 0 Å². The van der Waals surface area contributed by atoms with Crippen molar-refractivity contribution >= 4 is 21.7 Å². The number of nitrogens with zero attached hydrogens (tertiary/aromatic N) is 1. The van der Waals surface area contributed by atoms with Crippen molar-refractivity contribution in [1.29, 1.82) is 0 Å². The summed E-state index contributed by atoms with van der Waals surface area (Å²) in [6.07, 6.45) is 1.94. The largest absolute Gasteiger partial charge is 0.256 e. The number of rotatable bonds is 0. The number of aromatic nitrogens is 1. The molecule has 0 aliphatic heterocycles. The monoisotopic (exact) mass is 193 g/mol. The summed E-state index contributed by atoms with van der Waals surface area (Å²) in [5.74, 6) is 0. The fraction of sp³-hybridized carbons (Fsp3) is 0.0714. The molecule has 1 heterocycles. The van der Waals surface area contributed by atoms with Gasteiger partial charge in [-0.3, -0.25) is 4.98 Å². The van der Waals surface area contributed by atoms with Crippen LogP contribution in [0.5, 0.6) is 0 Å². The highest BCUT2D eigenvalue weighted by Gasteiger charge is 2.00. The van der Waals surface area contributed by atoms with Crippen molar-refractivity contribution in [2.45, 2.75) is 6.92 Å². The van der Waals surface area contributed by atoms with Gasteiger partial charge in [0.15, 0.2) is 0 Å². The van der Waals surface area contributed by atoms with E-state index in [1.807, 2.05) is 12.3 Å². The van der Waals surface area contributed by atoms with E-state index in [0.29, 0.717) is 0 Å². The molecular weight excluding hydrogens is 182 g/mol. The lowest BCUT2D eigenvalue weighted by molar-refractivity contribution is 1.41. The molecule has 0 aliphatic carbocycles. The molecule has 1 nitrogen and oxygen atoms in total. The van der Waals surface area contributed by atoms with E-state index < -0.39 is 0 Å². The van der Waals surface area contributed by atoms with Crippen LogP contribution in [0.15, 0.2) is 48.7 Å². The number of aryl methyl sites for hydroxylation is 1. The zero-order valence-electron chi connectivity index (χ0n) is 8.57. The van der Waals surface area contributed by atoms with Gasteiger partial charge in [-0.2, -0.15) is 0 Å². The Morgan fingerprint density at radius 1 is 0.933 bits per heavy atom. The third-order valence-electron chi connectivity index (χ3n) is 2.75. The van der Waals surface area contributed by atoms with Crippen LogP contribution in [0.4, 0.5) is 0 Å². The highest BCUT2D eigenvalue weighted by Crippen LogP contribution is 2.23.